The Labute approximate surface area is 75.5 Å². The molecule has 0 N–H and O–H groups in total. The molecule has 0 bridgehead atoms. The van der Waals surface area contributed by atoms with E-state index in [2.05, 4.69) is 10.2 Å². The van der Waals surface area contributed by atoms with E-state index in [9.17, 15) is 0 Å². The van der Waals surface area contributed by atoms with Gasteiger partial charge in [0, 0.05) is 19.1 Å². The molecule has 0 spiro atoms. The molecule has 0 radical (unpaired) electrons. The maximum atomic E-state index is 5.77. The zero-order valence-electron chi connectivity index (χ0n) is 6.61. The van der Waals surface area contributed by atoms with Crippen molar-refractivity contribution in [2.45, 2.75) is 13.0 Å². The lowest BCUT2D eigenvalue weighted by molar-refractivity contribution is 0.182. The van der Waals surface area contributed by atoms with Crippen LogP contribution in [0, 0.1) is 5.92 Å². The van der Waals surface area contributed by atoms with Crippen LogP contribution in [-0.2, 0) is 11.3 Å². The van der Waals surface area contributed by atoms with E-state index in [1.807, 2.05) is 4.57 Å². The normalized spacial score (nSPS) is 23.2. The molecule has 1 aromatic heterocycles. The lowest BCUT2D eigenvalue weighted by Crippen LogP contribution is -2.09. The average Bonchev–Trinajstić information content (AvgIpc) is 2.65. The van der Waals surface area contributed by atoms with Gasteiger partial charge in [-0.25, -0.2) is 0 Å². The first-order chi connectivity index (χ1) is 5.86. The molecule has 1 aliphatic heterocycles. The molecule has 1 atom stereocenters. The fraction of sp³-hybridized carbons (Fsp3) is 0.714. The molecule has 1 aromatic rings. The minimum atomic E-state index is 0.460. The molecule has 1 unspecified atom stereocenters. The van der Waals surface area contributed by atoms with E-state index in [0.717, 1.165) is 26.2 Å². The Morgan fingerprint density at radius 1 is 1.75 bits per heavy atom. The van der Waals surface area contributed by atoms with Gasteiger partial charge in [0.05, 0.1) is 6.61 Å². The second kappa shape index (κ2) is 3.41. The number of hydrogen-bond donors (Lipinski definition) is 0. The van der Waals surface area contributed by atoms with Crippen LogP contribution < -0.4 is 0 Å². The highest BCUT2D eigenvalue weighted by Crippen LogP contribution is 2.16. The monoisotopic (exact) mass is 187 g/mol. The highest BCUT2D eigenvalue weighted by Gasteiger charge is 2.16. The van der Waals surface area contributed by atoms with Gasteiger partial charge in [-0.1, -0.05) is 0 Å². The predicted molar refractivity (Wildman–Crippen MR) is 44.0 cm³/mol. The van der Waals surface area contributed by atoms with E-state index < -0.39 is 0 Å². The van der Waals surface area contributed by atoms with Gasteiger partial charge in [-0.2, -0.15) is 0 Å². The summed E-state index contributed by atoms with van der Waals surface area (Å²) in [4.78, 5) is 0. The molecular formula is C7H10ClN3O. The molecule has 2 heterocycles. The smallest absolute Gasteiger partial charge is 0.224 e. The zero-order chi connectivity index (χ0) is 8.39. The highest BCUT2D eigenvalue weighted by atomic mass is 35.5. The number of rotatable bonds is 2. The molecule has 2 rings (SSSR count). The third-order valence-corrected chi connectivity index (χ3v) is 2.34. The van der Waals surface area contributed by atoms with Gasteiger partial charge in [0.2, 0.25) is 5.28 Å². The van der Waals surface area contributed by atoms with Gasteiger partial charge in [-0.15, -0.1) is 10.2 Å². The van der Waals surface area contributed by atoms with Crippen LogP contribution in [0.25, 0.3) is 0 Å². The van der Waals surface area contributed by atoms with E-state index in [1.54, 1.807) is 6.33 Å². The van der Waals surface area contributed by atoms with Crippen molar-refractivity contribution >= 4 is 11.6 Å². The van der Waals surface area contributed by atoms with Crippen molar-refractivity contribution in [3.05, 3.63) is 11.6 Å². The van der Waals surface area contributed by atoms with Gasteiger partial charge in [0.1, 0.15) is 6.33 Å². The van der Waals surface area contributed by atoms with E-state index in [4.69, 9.17) is 16.3 Å². The van der Waals surface area contributed by atoms with Crippen LogP contribution in [0.3, 0.4) is 0 Å². The molecule has 5 heteroatoms. The molecule has 1 fully saturated rings. The van der Waals surface area contributed by atoms with Gasteiger partial charge in [-0.05, 0) is 18.0 Å². The van der Waals surface area contributed by atoms with E-state index in [1.165, 1.54) is 0 Å². The topological polar surface area (TPSA) is 39.9 Å². The van der Waals surface area contributed by atoms with Crippen molar-refractivity contribution in [2.24, 2.45) is 5.92 Å². The van der Waals surface area contributed by atoms with Gasteiger partial charge in [0.15, 0.2) is 0 Å². The number of aromatic nitrogens is 3. The second-order valence-electron chi connectivity index (χ2n) is 2.98. The number of hydrogen-bond acceptors (Lipinski definition) is 3. The lowest BCUT2D eigenvalue weighted by Gasteiger charge is -2.07. The average molecular weight is 188 g/mol. The molecular weight excluding hydrogens is 178 g/mol. The minimum absolute atomic E-state index is 0.460. The molecule has 0 amide bonds. The van der Waals surface area contributed by atoms with Crippen LogP contribution >= 0.6 is 11.6 Å². The molecule has 1 aliphatic rings. The molecule has 1 saturated heterocycles. The number of ether oxygens (including phenoxy) is 1. The molecule has 66 valence electrons. The second-order valence-corrected chi connectivity index (χ2v) is 3.32. The summed E-state index contributed by atoms with van der Waals surface area (Å²) in [7, 11) is 0. The summed E-state index contributed by atoms with van der Waals surface area (Å²) in [5.74, 6) is 0.568. The van der Waals surface area contributed by atoms with Crippen LogP contribution in [-0.4, -0.2) is 28.0 Å². The molecule has 4 nitrogen and oxygen atoms in total. The van der Waals surface area contributed by atoms with Crippen molar-refractivity contribution < 1.29 is 4.74 Å². The van der Waals surface area contributed by atoms with E-state index in [-0.39, 0.29) is 0 Å². The Morgan fingerprint density at radius 2 is 2.67 bits per heavy atom. The summed E-state index contributed by atoms with van der Waals surface area (Å²) in [5, 5.41) is 7.86. The SMILES string of the molecule is Clc1nncn1CC1CCOC1. The van der Waals surface area contributed by atoms with Crippen molar-refractivity contribution in [1.82, 2.24) is 14.8 Å². The first kappa shape index (κ1) is 8.01. The Hall–Kier alpha value is -0.610. The first-order valence-electron chi connectivity index (χ1n) is 3.97. The Kier molecular flexibility index (Phi) is 2.28. The van der Waals surface area contributed by atoms with Crippen LogP contribution in [0.2, 0.25) is 5.28 Å². The maximum absolute atomic E-state index is 5.77. The Morgan fingerprint density at radius 3 is 3.25 bits per heavy atom. The van der Waals surface area contributed by atoms with Gasteiger partial charge in [0.25, 0.3) is 0 Å². The summed E-state index contributed by atoms with van der Waals surface area (Å²) in [6.45, 7) is 2.56. The Bertz CT molecular complexity index is 257. The summed E-state index contributed by atoms with van der Waals surface area (Å²) < 4.78 is 7.10. The maximum Gasteiger partial charge on any atom is 0.224 e. The van der Waals surface area contributed by atoms with Crippen LogP contribution in [0.1, 0.15) is 6.42 Å². The lowest BCUT2D eigenvalue weighted by atomic mass is 10.1. The van der Waals surface area contributed by atoms with Gasteiger partial charge < -0.3 is 9.30 Å². The largest absolute Gasteiger partial charge is 0.381 e. The van der Waals surface area contributed by atoms with Crippen molar-refractivity contribution in [1.29, 1.82) is 0 Å². The van der Waals surface area contributed by atoms with Crippen LogP contribution in [0.5, 0.6) is 0 Å². The third kappa shape index (κ3) is 1.59. The quantitative estimate of drug-likeness (QED) is 0.693. The fourth-order valence-electron chi connectivity index (χ4n) is 1.37. The minimum Gasteiger partial charge on any atom is -0.381 e. The number of nitrogens with zero attached hydrogens (tertiary/aromatic N) is 3. The zero-order valence-corrected chi connectivity index (χ0v) is 7.37. The van der Waals surface area contributed by atoms with Crippen molar-refractivity contribution in [3.63, 3.8) is 0 Å². The van der Waals surface area contributed by atoms with Gasteiger partial charge in [-0.3, -0.25) is 0 Å². The predicted octanol–water partition coefficient (Wildman–Crippen LogP) is 0.968. The fourth-order valence-corrected chi connectivity index (χ4v) is 1.53. The summed E-state index contributed by atoms with van der Waals surface area (Å²) in [6.07, 6.45) is 2.76. The van der Waals surface area contributed by atoms with E-state index >= 15 is 0 Å². The molecule has 0 aromatic carbocycles. The third-order valence-electron chi connectivity index (χ3n) is 2.05. The van der Waals surface area contributed by atoms with Crippen LogP contribution in [0.15, 0.2) is 6.33 Å². The molecule has 12 heavy (non-hydrogen) atoms. The van der Waals surface area contributed by atoms with Crippen molar-refractivity contribution in [2.75, 3.05) is 13.2 Å². The summed E-state index contributed by atoms with van der Waals surface area (Å²) in [6, 6.07) is 0. The Balaban J connectivity index is 1.98. The van der Waals surface area contributed by atoms with Gasteiger partial charge >= 0.3 is 0 Å². The number of halogens is 1. The highest BCUT2D eigenvalue weighted by molar-refractivity contribution is 6.28. The van der Waals surface area contributed by atoms with E-state index in [0.29, 0.717) is 11.2 Å². The summed E-state index contributed by atoms with van der Waals surface area (Å²) in [5.41, 5.74) is 0. The molecule has 0 saturated carbocycles. The van der Waals surface area contributed by atoms with Crippen LogP contribution in [0.4, 0.5) is 0 Å². The molecule has 0 aliphatic carbocycles. The first-order valence-corrected chi connectivity index (χ1v) is 4.35. The summed E-state index contributed by atoms with van der Waals surface area (Å²) >= 11 is 5.77. The van der Waals surface area contributed by atoms with Crippen molar-refractivity contribution in [3.8, 4) is 0 Å². The standard InChI is InChI=1S/C7H10ClN3O/c8-7-10-9-5-11(7)3-6-1-2-12-4-6/h5-6H,1-4H2.